The number of hydrogen-bond acceptors (Lipinski definition) is 2. The van der Waals surface area contributed by atoms with E-state index in [-0.39, 0.29) is 5.95 Å². The van der Waals surface area contributed by atoms with Gasteiger partial charge < -0.3 is 9.84 Å². The van der Waals surface area contributed by atoms with Crippen molar-refractivity contribution in [2.75, 3.05) is 6.61 Å². The Morgan fingerprint density at radius 2 is 1.19 bits per heavy atom. The van der Waals surface area contributed by atoms with E-state index >= 15 is 0 Å². The molecule has 0 atom stereocenters. The highest BCUT2D eigenvalue weighted by atomic mass is 31.2. The first kappa shape index (κ1) is 18.9. The fourth-order valence-corrected chi connectivity index (χ4v) is 6.82. The zero-order valence-electron chi connectivity index (χ0n) is 15.4. The van der Waals surface area contributed by atoms with Crippen LogP contribution in [0.15, 0.2) is 115 Å². The molecule has 0 aliphatic heterocycles. The normalized spacial score (nSPS) is 12.3. The van der Waals surface area contributed by atoms with Gasteiger partial charge in [0.05, 0.1) is 11.8 Å². The van der Waals surface area contributed by atoms with E-state index in [1.807, 2.05) is 31.2 Å². The summed E-state index contributed by atoms with van der Waals surface area (Å²) in [5, 5.41) is 15.6. The van der Waals surface area contributed by atoms with Crippen LogP contribution >= 0.6 is 7.26 Å². The van der Waals surface area contributed by atoms with Crippen LogP contribution in [0.5, 0.6) is 0 Å². The minimum atomic E-state index is -2.05. The van der Waals surface area contributed by atoms with E-state index in [1.54, 1.807) is 0 Å². The zero-order chi connectivity index (χ0) is 19.0. The molecule has 0 aliphatic rings. The van der Waals surface area contributed by atoms with Gasteiger partial charge in [0.25, 0.3) is 0 Å². The van der Waals surface area contributed by atoms with Crippen molar-refractivity contribution >= 4 is 23.2 Å². The van der Waals surface area contributed by atoms with Gasteiger partial charge in [0.15, 0.2) is 0 Å². The molecule has 0 radical (unpaired) electrons. The van der Waals surface area contributed by atoms with Crippen LogP contribution in [0.2, 0.25) is 0 Å². The van der Waals surface area contributed by atoms with Crippen molar-refractivity contribution in [3.05, 3.63) is 115 Å². The van der Waals surface area contributed by atoms with Gasteiger partial charge in [0, 0.05) is 0 Å². The molecule has 3 heteroatoms. The van der Waals surface area contributed by atoms with Gasteiger partial charge in [0.1, 0.15) is 23.2 Å². The first-order valence-electron chi connectivity index (χ1n) is 9.02. The summed E-state index contributed by atoms with van der Waals surface area (Å²) in [5.41, 5.74) is 0. The van der Waals surface area contributed by atoms with E-state index in [2.05, 4.69) is 78.6 Å². The number of hydrogen-bond donors (Lipinski definition) is 0. The minimum Gasteiger partial charge on any atom is -0.614 e. The van der Waals surface area contributed by atoms with Crippen LogP contribution in [0.4, 0.5) is 0 Å². The Morgan fingerprint density at radius 3 is 1.56 bits per heavy atom. The summed E-state index contributed by atoms with van der Waals surface area (Å²) in [7, 11) is -2.05. The van der Waals surface area contributed by atoms with Crippen LogP contribution in [0, 0.1) is 0 Å². The van der Waals surface area contributed by atoms with Gasteiger partial charge in [-0.2, -0.15) is 0 Å². The van der Waals surface area contributed by atoms with E-state index < -0.39 is 7.26 Å². The Kier molecular flexibility index (Phi) is 6.46. The molecular weight excluding hydrogens is 351 g/mol. The summed E-state index contributed by atoms with van der Waals surface area (Å²) in [4.78, 5) is 0. The van der Waals surface area contributed by atoms with Crippen molar-refractivity contribution in [1.82, 2.24) is 0 Å². The monoisotopic (exact) mass is 374 g/mol. The molecule has 3 aromatic rings. The van der Waals surface area contributed by atoms with Crippen molar-refractivity contribution in [2.24, 2.45) is 0 Å². The third kappa shape index (κ3) is 4.30. The molecule has 27 heavy (non-hydrogen) atoms. The van der Waals surface area contributed by atoms with Crippen LogP contribution in [0.1, 0.15) is 6.92 Å². The fourth-order valence-electron chi connectivity index (χ4n) is 3.14. The summed E-state index contributed by atoms with van der Waals surface area (Å²) >= 11 is 0. The molecule has 0 heterocycles. The average molecular weight is 374 g/mol. The summed E-state index contributed by atoms with van der Waals surface area (Å²) in [6.07, 6.45) is 3.35. The maximum atomic E-state index is 11.8. The van der Waals surface area contributed by atoms with Gasteiger partial charge in [-0.15, -0.1) is 0 Å². The summed E-state index contributed by atoms with van der Waals surface area (Å²) in [6, 6.07) is 31.5. The molecule has 3 rings (SSSR count). The molecule has 0 aromatic heterocycles. The molecule has 136 valence electrons. The van der Waals surface area contributed by atoms with E-state index in [0.717, 1.165) is 0 Å². The fraction of sp³-hybridized carbons (Fsp3) is 0.0833. The second-order valence-corrected chi connectivity index (χ2v) is 9.28. The molecule has 0 amide bonds. The van der Waals surface area contributed by atoms with Gasteiger partial charge >= 0.3 is 0 Å². The smallest absolute Gasteiger partial charge is 0.136 e. The van der Waals surface area contributed by atoms with E-state index in [4.69, 9.17) is 4.74 Å². The molecule has 0 spiro atoms. The third-order valence-corrected chi connectivity index (χ3v) is 8.28. The first-order chi connectivity index (χ1) is 13.3. The van der Waals surface area contributed by atoms with Crippen LogP contribution in [-0.4, -0.2) is 6.61 Å². The Morgan fingerprint density at radius 1 is 0.778 bits per heavy atom. The first-order valence-corrected chi connectivity index (χ1v) is 10.9. The van der Waals surface area contributed by atoms with Gasteiger partial charge in [-0.1, -0.05) is 61.5 Å². The maximum Gasteiger partial charge on any atom is 0.136 e. The zero-order valence-corrected chi connectivity index (χ0v) is 16.3. The predicted octanol–water partition coefficient (Wildman–Crippen LogP) is 3.73. The minimum absolute atomic E-state index is 0.318. The molecule has 0 saturated carbocycles. The summed E-state index contributed by atoms with van der Waals surface area (Å²) < 4.78 is 5.04. The molecule has 0 fully saturated rings. The van der Waals surface area contributed by atoms with Crippen molar-refractivity contribution in [3.63, 3.8) is 0 Å². The van der Waals surface area contributed by atoms with E-state index in [1.165, 1.54) is 22.0 Å². The van der Waals surface area contributed by atoms with Gasteiger partial charge in [-0.05, 0) is 55.2 Å². The Balaban J connectivity index is 2.23. The van der Waals surface area contributed by atoms with Crippen molar-refractivity contribution < 1.29 is 9.84 Å². The predicted molar refractivity (Wildman–Crippen MR) is 114 cm³/mol. The van der Waals surface area contributed by atoms with Gasteiger partial charge in [-0.3, -0.25) is 0 Å². The Labute approximate surface area is 161 Å². The largest absolute Gasteiger partial charge is 0.614 e. The molecule has 0 unspecified atom stereocenters. The lowest BCUT2D eigenvalue weighted by Gasteiger charge is -2.24. The van der Waals surface area contributed by atoms with Gasteiger partial charge in [0.2, 0.25) is 0 Å². The highest BCUT2D eigenvalue weighted by Gasteiger charge is 2.42. The van der Waals surface area contributed by atoms with Crippen LogP contribution < -0.4 is 21.0 Å². The molecule has 0 aliphatic carbocycles. The van der Waals surface area contributed by atoms with Crippen LogP contribution in [-0.2, 0) is 4.74 Å². The molecular formula is C24H23O2P. The topological polar surface area (TPSA) is 32.3 Å². The molecule has 0 bridgehead atoms. The Hall–Kier alpha value is -2.83. The van der Waals surface area contributed by atoms with Crippen molar-refractivity contribution in [1.29, 1.82) is 0 Å². The van der Waals surface area contributed by atoms with E-state index in [9.17, 15) is 5.11 Å². The Bertz CT molecular complexity index is 791. The lowest BCUT2D eigenvalue weighted by molar-refractivity contribution is -0.356. The SMILES string of the molecule is CCOC([O-])=C/C=C\[P+](c1ccccc1)(c1ccccc1)c1ccccc1. The molecule has 0 N–H and O–H groups in total. The molecule has 3 aromatic carbocycles. The lowest BCUT2D eigenvalue weighted by atomic mass is 10.4. The van der Waals surface area contributed by atoms with Gasteiger partial charge in [-0.25, -0.2) is 0 Å². The highest BCUT2D eigenvalue weighted by Crippen LogP contribution is 2.56. The van der Waals surface area contributed by atoms with Crippen LogP contribution in [0.3, 0.4) is 0 Å². The summed E-state index contributed by atoms with van der Waals surface area (Å²) in [5.74, 6) is 1.87. The number of rotatable bonds is 7. The molecule has 0 saturated heterocycles. The second-order valence-electron chi connectivity index (χ2n) is 5.99. The van der Waals surface area contributed by atoms with Crippen LogP contribution in [0.25, 0.3) is 0 Å². The van der Waals surface area contributed by atoms with Crippen molar-refractivity contribution in [3.8, 4) is 0 Å². The number of allylic oxidation sites excluding steroid dienone is 2. The quantitative estimate of drug-likeness (QED) is 0.359. The number of ether oxygens (including phenoxy) is 1. The third-order valence-electron chi connectivity index (χ3n) is 4.32. The van der Waals surface area contributed by atoms with E-state index in [0.29, 0.717) is 6.61 Å². The standard InChI is InChI=1S/C24H23O2P/c1-2-26-24(25)19-12-20-27(21-13-6-3-7-14-21,22-15-8-4-9-16-22)23-17-10-5-11-18-23/h3-20H,2H2,1H3/b20-12-,24-19?. The van der Waals surface area contributed by atoms with Crippen molar-refractivity contribution in [2.45, 2.75) is 6.92 Å². The highest BCUT2D eigenvalue weighted by molar-refractivity contribution is 7.98. The second kappa shape index (κ2) is 9.21. The lowest BCUT2D eigenvalue weighted by Crippen LogP contribution is -2.29. The molecule has 2 nitrogen and oxygen atoms in total. The maximum absolute atomic E-state index is 11.8. The average Bonchev–Trinajstić information content (AvgIpc) is 2.73. The number of benzene rings is 3. The summed E-state index contributed by atoms with van der Waals surface area (Å²) in [6.45, 7) is 2.18.